The minimum atomic E-state index is -0.183. The Balaban J connectivity index is 1.80. The third-order valence-corrected chi connectivity index (χ3v) is 4.11. The van der Waals surface area contributed by atoms with E-state index in [2.05, 4.69) is 23.7 Å². The SMILES string of the molecule is C[C@H](CNC(=O)[C@H]1CC(=O)N(C)C1)c1ccsc1. The van der Waals surface area contributed by atoms with Gasteiger partial charge in [0.25, 0.3) is 0 Å². The van der Waals surface area contributed by atoms with Crippen molar-refractivity contribution in [1.82, 2.24) is 10.2 Å². The van der Waals surface area contributed by atoms with Crippen molar-refractivity contribution in [1.29, 1.82) is 0 Å². The van der Waals surface area contributed by atoms with Crippen LogP contribution in [-0.2, 0) is 9.59 Å². The van der Waals surface area contributed by atoms with Gasteiger partial charge >= 0.3 is 0 Å². The van der Waals surface area contributed by atoms with Gasteiger partial charge in [0.1, 0.15) is 0 Å². The van der Waals surface area contributed by atoms with E-state index in [1.807, 2.05) is 5.38 Å². The molecule has 0 radical (unpaired) electrons. The fourth-order valence-corrected chi connectivity index (χ4v) is 2.89. The van der Waals surface area contributed by atoms with E-state index in [0.717, 1.165) is 0 Å². The fraction of sp³-hybridized carbons (Fsp3) is 0.538. The first kappa shape index (κ1) is 13.1. The number of likely N-dealkylation sites (tertiary alicyclic amines) is 1. The van der Waals surface area contributed by atoms with Gasteiger partial charge in [-0.3, -0.25) is 9.59 Å². The first-order valence-electron chi connectivity index (χ1n) is 6.11. The van der Waals surface area contributed by atoms with E-state index >= 15 is 0 Å². The Hall–Kier alpha value is -1.36. The average molecular weight is 266 g/mol. The van der Waals surface area contributed by atoms with Crippen LogP contribution >= 0.6 is 11.3 Å². The van der Waals surface area contributed by atoms with E-state index in [4.69, 9.17) is 0 Å². The zero-order valence-corrected chi connectivity index (χ0v) is 11.5. The van der Waals surface area contributed by atoms with E-state index < -0.39 is 0 Å². The summed E-state index contributed by atoms with van der Waals surface area (Å²) in [5, 5.41) is 7.08. The number of carbonyl (C=O) groups is 2. The quantitative estimate of drug-likeness (QED) is 0.896. The first-order chi connectivity index (χ1) is 8.58. The summed E-state index contributed by atoms with van der Waals surface area (Å²) >= 11 is 1.66. The second-order valence-electron chi connectivity index (χ2n) is 4.88. The number of rotatable bonds is 4. The molecule has 1 aliphatic heterocycles. The van der Waals surface area contributed by atoms with E-state index in [0.29, 0.717) is 25.4 Å². The van der Waals surface area contributed by atoms with E-state index in [1.165, 1.54) is 5.56 Å². The zero-order chi connectivity index (χ0) is 13.1. The number of hydrogen-bond donors (Lipinski definition) is 1. The van der Waals surface area contributed by atoms with Crippen LogP contribution < -0.4 is 5.32 Å². The van der Waals surface area contributed by atoms with Crippen LogP contribution in [0.2, 0.25) is 0 Å². The maximum absolute atomic E-state index is 11.9. The van der Waals surface area contributed by atoms with Gasteiger partial charge in [-0.2, -0.15) is 11.3 Å². The van der Waals surface area contributed by atoms with Crippen LogP contribution in [0.15, 0.2) is 16.8 Å². The van der Waals surface area contributed by atoms with Crippen LogP contribution in [0.3, 0.4) is 0 Å². The highest BCUT2D eigenvalue weighted by Crippen LogP contribution is 2.19. The summed E-state index contributed by atoms with van der Waals surface area (Å²) in [6.45, 7) is 3.26. The molecule has 1 N–H and O–H groups in total. The Morgan fingerprint density at radius 1 is 1.67 bits per heavy atom. The zero-order valence-electron chi connectivity index (χ0n) is 10.7. The van der Waals surface area contributed by atoms with Crippen LogP contribution in [0.25, 0.3) is 0 Å². The molecular weight excluding hydrogens is 248 g/mol. The summed E-state index contributed by atoms with van der Waals surface area (Å²) in [5.74, 6) is 0.183. The van der Waals surface area contributed by atoms with Gasteiger partial charge in [-0.1, -0.05) is 6.92 Å². The van der Waals surface area contributed by atoms with Gasteiger partial charge in [0.05, 0.1) is 5.92 Å². The van der Waals surface area contributed by atoms with Gasteiger partial charge in [-0.05, 0) is 28.3 Å². The van der Waals surface area contributed by atoms with Crippen LogP contribution in [0.5, 0.6) is 0 Å². The molecule has 2 amide bonds. The highest BCUT2D eigenvalue weighted by molar-refractivity contribution is 7.07. The van der Waals surface area contributed by atoms with Gasteiger partial charge in [0, 0.05) is 26.6 Å². The molecule has 1 fully saturated rings. The van der Waals surface area contributed by atoms with Crippen molar-refractivity contribution >= 4 is 23.2 Å². The number of amides is 2. The lowest BCUT2D eigenvalue weighted by Gasteiger charge is -2.14. The molecule has 0 aromatic carbocycles. The third kappa shape index (κ3) is 2.90. The Morgan fingerprint density at radius 2 is 2.44 bits per heavy atom. The molecule has 2 rings (SSSR count). The minimum absolute atomic E-state index is 0.00483. The Kier molecular flexibility index (Phi) is 4.01. The maximum Gasteiger partial charge on any atom is 0.225 e. The number of hydrogen-bond acceptors (Lipinski definition) is 3. The lowest BCUT2D eigenvalue weighted by atomic mass is 10.0. The van der Waals surface area contributed by atoms with Crippen molar-refractivity contribution < 1.29 is 9.59 Å². The molecule has 0 aliphatic carbocycles. The molecule has 1 aliphatic rings. The van der Waals surface area contributed by atoms with Crippen molar-refractivity contribution in [3.8, 4) is 0 Å². The Bertz CT molecular complexity index is 430. The molecule has 1 saturated heterocycles. The molecule has 18 heavy (non-hydrogen) atoms. The van der Waals surface area contributed by atoms with Crippen molar-refractivity contribution in [2.24, 2.45) is 5.92 Å². The molecule has 0 spiro atoms. The van der Waals surface area contributed by atoms with E-state index in [1.54, 1.807) is 23.3 Å². The lowest BCUT2D eigenvalue weighted by molar-refractivity contribution is -0.128. The van der Waals surface area contributed by atoms with Gasteiger partial charge in [-0.15, -0.1) is 0 Å². The summed E-state index contributed by atoms with van der Waals surface area (Å²) in [5.41, 5.74) is 1.25. The number of nitrogens with one attached hydrogen (secondary N) is 1. The Labute approximate surface area is 111 Å². The van der Waals surface area contributed by atoms with Crippen LogP contribution in [-0.4, -0.2) is 36.9 Å². The van der Waals surface area contributed by atoms with Crippen molar-refractivity contribution in [2.45, 2.75) is 19.3 Å². The van der Waals surface area contributed by atoms with Gasteiger partial charge in [0.2, 0.25) is 11.8 Å². The van der Waals surface area contributed by atoms with Gasteiger partial charge in [0.15, 0.2) is 0 Å². The van der Waals surface area contributed by atoms with E-state index in [9.17, 15) is 9.59 Å². The highest BCUT2D eigenvalue weighted by atomic mass is 32.1. The predicted octanol–water partition coefficient (Wildman–Crippen LogP) is 1.45. The predicted molar refractivity (Wildman–Crippen MR) is 71.5 cm³/mol. The highest BCUT2D eigenvalue weighted by Gasteiger charge is 2.31. The standard InChI is InChI=1S/C13H18N2O2S/c1-9(10-3-4-18-8-10)6-14-13(17)11-5-12(16)15(2)7-11/h3-4,8-9,11H,5-7H2,1-2H3,(H,14,17)/t9-,11+/m1/s1. The smallest absolute Gasteiger partial charge is 0.225 e. The molecule has 5 heteroatoms. The lowest BCUT2D eigenvalue weighted by Crippen LogP contribution is -2.34. The number of thiophene rings is 1. The normalized spacial score (nSPS) is 21.1. The Morgan fingerprint density at radius 3 is 3.00 bits per heavy atom. The fourth-order valence-electron chi connectivity index (χ4n) is 2.11. The molecule has 98 valence electrons. The first-order valence-corrected chi connectivity index (χ1v) is 7.06. The maximum atomic E-state index is 11.9. The summed E-state index contributed by atoms with van der Waals surface area (Å²) in [6.07, 6.45) is 0.342. The average Bonchev–Trinajstić information content (AvgIpc) is 2.97. The summed E-state index contributed by atoms with van der Waals surface area (Å²) in [6, 6.07) is 2.08. The topological polar surface area (TPSA) is 49.4 Å². The molecule has 0 saturated carbocycles. The minimum Gasteiger partial charge on any atom is -0.355 e. The second kappa shape index (κ2) is 5.52. The second-order valence-corrected chi connectivity index (χ2v) is 5.66. The van der Waals surface area contributed by atoms with Crippen molar-refractivity contribution in [3.05, 3.63) is 22.4 Å². The van der Waals surface area contributed by atoms with Crippen molar-refractivity contribution in [3.63, 3.8) is 0 Å². The molecule has 0 unspecified atom stereocenters. The van der Waals surface area contributed by atoms with Gasteiger partial charge in [-0.25, -0.2) is 0 Å². The van der Waals surface area contributed by atoms with Crippen molar-refractivity contribution in [2.75, 3.05) is 20.1 Å². The van der Waals surface area contributed by atoms with Gasteiger partial charge < -0.3 is 10.2 Å². The summed E-state index contributed by atoms with van der Waals surface area (Å²) in [4.78, 5) is 24.9. The molecule has 1 aromatic heterocycles. The summed E-state index contributed by atoms with van der Waals surface area (Å²) in [7, 11) is 1.74. The monoisotopic (exact) mass is 266 g/mol. The molecular formula is C13H18N2O2S. The molecule has 1 aromatic rings. The van der Waals surface area contributed by atoms with Crippen LogP contribution in [0.1, 0.15) is 24.8 Å². The molecule has 2 atom stereocenters. The van der Waals surface area contributed by atoms with Crippen LogP contribution in [0.4, 0.5) is 0 Å². The third-order valence-electron chi connectivity index (χ3n) is 3.41. The van der Waals surface area contributed by atoms with Crippen LogP contribution in [0, 0.1) is 5.92 Å². The molecule has 0 bridgehead atoms. The largest absolute Gasteiger partial charge is 0.355 e. The number of carbonyl (C=O) groups excluding carboxylic acids is 2. The molecule has 2 heterocycles. The molecule has 4 nitrogen and oxygen atoms in total. The summed E-state index contributed by atoms with van der Waals surface area (Å²) < 4.78 is 0. The number of nitrogens with zero attached hydrogens (tertiary/aromatic N) is 1. The van der Waals surface area contributed by atoms with E-state index in [-0.39, 0.29) is 17.7 Å².